The molecule has 0 aromatic heterocycles. The lowest BCUT2D eigenvalue weighted by molar-refractivity contribution is 0.450. The normalized spacial score (nSPS) is 13.0. The number of anilines is 1. The summed E-state index contributed by atoms with van der Waals surface area (Å²) in [5.41, 5.74) is 3.98. The number of benzene rings is 2. The van der Waals surface area contributed by atoms with E-state index in [4.69, 9.17) is 0 Å². The van der Waals surface area contributed by atoms with Crippen molar-refractivity contribution >= 4 is 21.6 Å². The van der Waals surface area contributed by atoms with Gasteiger partial charge in [-0.05, 0) is 64.9 Å². The topological polar surface area (TPSA) is 12.0 Å². The van der Waals surface area contributed by atoms with E-state index in [9.17, 15) is 0 Å². The maximum atomic E-state index is 3.64. The first-order valence-corrected chi connectivity index (χ1v) is 8.26. The lowest BCUT2D eigenvalue weighted by atomic mass is 9.79. The predicted octanol–water partition coefficient (Wildman–Crippen LogP) is 5.93. The smallest absolute Gasteiger partial charge is 0.0486 e. The summed E-state index contributed by atoms with van der Waals surface area (Å²) in [6.45, 7) is 8.98. The van der Waals surface area contributed by atoms with Gasteiger partial charge in [0.05, 0.1) is 0 Å². The molecule has 2 aromatic rings. The van der Waals surface area contributed by atoms with E-state index in [1.165, 1.54) is 11.1 Å². The van der Waals surface area contributed by atoms with Gasteiger partial charge in [-0.2, -0.15) is 0 Å². The highest BCUT2D eigenvalue weighted by molar-refractivity contribution is 9.10. The monoisotopic (exact) mass is 345 g/mol. The zero-order valence-electron chi connectivity index (χ0n) is 13.3. The Hall–Kier alpha value is -1.28. The van der Waals surface area contributed by atoms with Crippen LogP contribution < -0.4 is 5.32 Å². The van der Waals surface area contributed by atoms with Gasteiger partial charge in [0, 0.05) is 16.2 Å². The largest absolute Gasteiger partial charge is 0.382 e. The van der Waals surface area contributed by atoms with E-state index in [-0.39, 0.29) is 5.41 Å². The molecule has 1 atom stereocenters. The molecule has 0 aliphatic heterocycles. The van der Waals surface area contributed by atoms with Crippen LogP contribution in [0.2, 0.25) is 0 Å². The second-order valence-electron chi connectivity index (χ2n) is 6.48. The van der Waals surface area contributed by atoms with Gasteiger partial charge in [-0.1, -0.05) is 50.2 Å². The molecule has 21 heavy (non-hydrogen) atoms. The second-order valence-corrected chi connectivity index (χ2v) is 7.34. The van der Waals surface area contributed by atoms with Crippen molar-refractivity contribution in [2.45, 2.75) is 45.6 Å². The highest BCUT2D eigenvalue weighted by Crippen LogP contribution is 2.30. The van der Waals surface area contributed by atoms with E-state index in [1.807, 2.05) is 0 Å². The molecule has 0 amide bonds. The lowest BCUT2D eigenvalue weighted by Gasteiger charge is -2.30. The lowest BCUT2D eigenvalue weighted by Crippen LogP contribution is -2.27. The number of rotatable bonds is 5. The van der Waals surface area contributed by atoms with Gasteiger partial charge in [0.1, 0.15) is 0 Å². The molecule has 0 heterocycles. The van der Waals surface area contributed by atoms with Crippen LogP contribution in [0.4, 0.5) is 5.69 Å². The van der Waals surface area contributed by atoms with Gasteiger partial charge in [-0.25, -0.2) is 0 Å². The van der Waals surface area contributed by atoms with Gasteiger partial charge in [-0.3, -0.25) is 0 Å². The van der Waals surface area contributed by atoms with Crippen molar-refractivity contribution in [3.05, 3.63) is 64.1 Å². The average molecular weight is 346 g/mol. The Bertz CT molecular complexity index is 590. The second kappa shape index (κ2) is 6.65. The SMILES string of the molecule is Cc1ccc(NC(C)CC(C)(C)c2ccccc2)c(Br)c1. The maximum Gasteiger partial charge on any atom is 0.0486 e. The minimum Gasteiger partial charge on any atom is -0.382 e. The highest BCUT2D eigenvalue weighted by atomic mass is 79.9. The molecule has 1 nitrogen and oxygen atoms in total. The summed E-state index contributed by atoms with van der Waals surface area (Å²) in [7, 11) is 0. The molecule has 0 saturated heterocycles. The van der Waals surface area contributed by atoms with Crippen LogP contribution in [0.15, 0.2) is 53.0 Å². The summed E-state index contributed by atoms with van der Waals surface area (Å²) in [5, 5.41) is 3.62. The minimum atomic E-state index is 0.158. The summed E-state index contributed by atoms with van der Waals surface area (Å²) in [6.07, 6.45) is 1.08. The summed E-state index contributed by atoms with van der Waals surface area (Å²) < 4.78 is 1.13. The Morgan fingerprint density at radius 2 is 1.76 bits per heavy atom. The van der Waals surface area contributed by atoms with E-state index in [0.29, 0.717) is 6.04 Å². The van der Waals surface area contributed by atoms with Gasteiger partial charge in [0.2, 0.25) is 0 Å². The molecule has 0 radical (unpaired) electrons. The van der Waals surface area contributed by atoms with E-state index in [1.54, 1.807) is 0 Å². The predicted molar refractivity (Wildman–Crippen MR) is 96.0 cm³/mol. The molecule has 2 rings (SSSR count). The van der Waals surface area contributed by atoms with Gasteiger partial charge in [0.15, 0.2) is 0 Å². The molecule has 0 aliphatic rings. The van der Waals surface area contributed by atoms with Crippen LogP contribution in [-0.2, 0) is 5.41 Å². The molecule has 0 saturated carbocycles. The fourth-order valence-corrected chi connectivity index (χ4v) is 3.43. The summed E-state index contributed by atoms with van der Waals surface area (Å²) >= 11 is 3.64. The standard InChI is InChI=1S/C19H24BrN/c1-14-10-11-18(17(20)12-14)21-15(2)13-19(3,4)16-8-6-5-7-9-16/h5-12,15,21H,13H2,1-4H3. The van der Waals surface area contributed by atoms with Crippen LogP contribution in [0.1, 0.15) is 38.3 Å². The van der Waals surface area contributed by atoms with Gasteiger partial charge in [-0.15, -0.1) is 0 Å². The molecular weight excluding hydrogens is 322 g/mol. The van der Waals surface area contributed by atoms with Crippen molar-refractivity contribution in [2.24, 2.45) is 0 Å². The molecule has 0 bridgehead atoms. The quantitative estimate of drug-likeness (QED) is 0.708. The van der Waals surface area contributed by atoms with Gasteiger partial charge in [0.25, 0.3) is 0 Å². The molecule has 1 N–H and O–H groups in total. The van der Waals surface area contributed by atoms with Crippen LogP contribution in [-0.4, -0.2) is 6.04 Å². The fourth-order valence-electron chi connectivity index (χ4n) is 2.83. The van der Waals surface area contributed by atoms with Crippen LogP contribution >= 0.6 is 15.9 Å². The van der Waals surface area contributed by atoms with Gasteiger partial charge < -0.3 is 5.32 Å². The number of halogens is 1. The molecule has 0 aliphatic carbocycles. The first-order chi connectivity index (χ1) is 9.88. The Kier molecular flexibility index (Phi) is 5.10. The van der Waals surface area contributed by atoms with E-state index in [0.717, 1.165) is 16.6 Å². The molecule has 0 fully saturated rings. The van der Waals surface area contributed by atoms with Crippen molar-refractivity contribution in [3.8, 4) is 0 Å². The molecule has 1 unspecified atom stereocenters. The zero-order chi connectivity index (χ0) is 15.5. The van der Waals surface area contributed by atoms with Crippen LogP contribution in [0.25, 0.3) is 0 Å². The van der Waals surface area contributed by atoms with Gasteiger partial charge >= 0.3 is 0 Å². The minimum absolute atomic E-state index is 0.158. The van der Waals surface area contributed by atoms with Crippen LogP contribution in [0.5, 0.6) is 0 Å². The third-order valence-electron chi connectivity index (χ3n) is 3.90. The highest BCUT2D eigenvalue weighted by Gasteiger charge is 2.23. The maximum absolute atomic E-state index is 3.64. The van der Waals surface area contributed by atoms with Crippen LogP contribution in [0.3, 0.4) is 0 Å². The Morgan fingerprint density at radius 1 is 1.10 bits per heavy atom. The van der Waals surface area contributed by atoms with Crippen molar-refractivity contribution in [1.29, 1.82) is 0 Å². The number of hydrogen-bond donors (Lipinski definition) is 1. The fraction of sp³-hybridized carbons (Fsp3) is 0.368. The van der Waals surface area contributed by atoms with Crippen molar-refractivity contribution in [2.75, 3.05) is 5.32 Å². The number of hydrogen-bond acceptors (Lipinski definition) is 1. The van der Waals surface area contributed by atoms with Crippen LogP contribution in [0, 0.1) is 6.92 Å². The molecule has 2 heteroatoms. The van der Waals surface area contributed by atoms with E-state index in [2.05, 4.69) is 97.5 Å². The Morgan fingerprint density at radius 3 is 2.38 bits per heavy atom. The molecular formula is C19H24BrN. The Labute approximate surface area is 136 Å². The van der Waals surface area contributed by atoms with Crippen molar-refractivity contribution in [3.63, 3.8) is 0 Å². The first kappa shape index (κ1) is 16.1. The van der Waals surface area contributed by atoms with E-state index >= 15 is 0 Å². The molecule has 112 valence electrons. The summed E-state index contributed by atoms with van der Waals surface area (Å²) in [5.74, 6) is 0. The van der Waals surface area contributed by atoms with Crippen molar-refractivity contribution < 1.29 is 0 Å². The number of aryl methyl sites for hydroxylation is 1. The van der Waals surface area contributed by atoms with E-state index < -0.39 is 0 Å². The third-order valence-corrected chi connectivity index (χ3v) is 4.55. The summed E-state index contributed by atoms with van der Waals surface area (Å²) in [6, 6.07) is 17.6. The Balaban J connectivity index is 2.06. The number of nitrogens with one attached hydrogen (secondary N) is 1. The molecule has 0 spiro atoms. The molecule has 2 aromatic carbocycles. The first-order valence-electron chi connectivity index (χ1n) is 7.47. The zero-order valence-corrected chi connectivity index (χ0v) is 14.9. The average Bonchev–Trinajstić information content (AvgIpc) is 2.42. The van der Waals surface area contributed by atoms with Crippen molar-refractivity contribution in [1.82, 2.24) is 0 Å². The third kappa shape index (κ3) is 4.34. The summed E-state index contributed by atoms with van der Waals surface area (Å²) in [4.78, 5) is 0.